The third kappa shape index (κ3) is 6.38. The van der Waals surface area contributed by atoms with E-state index in [1.165, 1.54) is 12.8 Å². The Bertz CT molecular complexity index is 748. The first-order valence-corrected chi connectivity index (χ1v) is 9.47. The van der Waals surface area contributed by atoms with E-state index in [-0.39, 0.29) is 12.1 Å². The van der Waals surface area contributed by atoms with E-state index in [1.54, 1.807) is 31.6 Å². The molecule has 1 aliphatic carbocycles. The summed E-state index contributed by atoms with van der Waals surface area (Å²) in [6.07, 6.45) is 8.08. The molecule has 150 valence electrons. The number of hydrogen-bond acceptors (Lipinski definition) is 6. The van der Waals surface area contributed by atoms with E-state index in [9.17, 15) is 4.79 Å². The van der Waals surface area contributed by atoms with E-state index in [0.29, 0.717) is 37.2 Å². The van der Waals surface area contributed by atoms with Gasteiger partial charge in [0.15, 0.2) is 0 Å². The number of aromatic nitrogens is 2. The van der Waals surface area contributed by atoms with Crippen molar-refractivity contribution >= 4 is 11.7 Å². The minimum atomic E-state index is -0.315. The maximum absolute atomic E-state index is 12.1. The highest BCUT2D eigenvalue weighted by Crippen LogP contribution is 2.23. The number of methoxy groups -OCH3 is 1. The number of nitrogens with zero attached hydrogens (tertiary/aromatic N) is 2. The molecule has 0 aromatic carbocycles. The lowest BCUT2D eigenvalue weighted by atomic mass is 10.2. The van der Waals surface area contributed by atoms with Gasteiger partial charge in [-0.15, -0.1) is 0 Å². The van der Waals surface area contributed by atoms with Gasteiger partial charge in [-0.05, 0) is 43.4 Å². The molecule has 2 N–H and O–H groups in total. The minimum Gasteiger partial charge on any atom is -0.475 e. The molecule has 0 spiro atoms. The fourth-order valence-corrected chi connectivity index (χ4v) is 2.93. The molecule has 0 saturated heterocycles. The van der Waals surface area contributed by atoms with Crippen LogP contribution in [0.5, 0.6) is 11.8 Å². The van der Waals surface area contributed by atoms with Crippen LogP contribution in [0.25, 0.3) is 0 Å². The number of carbonyl (C=O) groups is 1. The Hall–Kier alpha value is -2.87. The van der Waals surface area contributed by atoms with Crippen LogP contribution in [0.1, 0.15) is 31.2 Å². The molecule has 0 aliphatic heterocycles. The molecule has 2 aromatic rings. The second-order valence-corrected chi connectivity index (χ2v) is 6.56. The van der Waals surface area contributed by atoms with Gasteiger partial charge in [0.2, 0.25) is 11.8 Å². The second-order valence-electron chi connectivity index (χ2n) is 6.56. The van der Waals surface area contributed by atoms with Crippen LogP contribution in [-0.2, 0) is 11.3 Å². The van der Waals surface area contributed by atoms with Gasteiger partial charge in [-0.3, -0.25) is 0 Å². The van der Waals surface area contributed by atoms with Gasteiger partial charge < -0.3 is 24.8 Å². The van der Waals surface area contributed by atoms with Crippen molar-refractivity contribution in [3.05, 3.63) is 42.2 Å². The van der Waals surface area contributed by atoms with Gasteiger partial charge in [0.1, 0.15) is 12.7 Å². The summed E-state index contributed by atoms with van der Waals surface area (Å²) in [5.74, 6) is 1.09. The summed E-state index contributed by atoms with van der Waals surface area (Å²) in [5.41, 5.74) is 1.51. The molecular weight excluding hydrogens is 360 g/mol. The highest BCUT2D eigenvalue weighted by Gasteiger charge is 2.17. The maximum Gasteiger partial charge on any atom is 0.319 e. The van der Waals surface area contributed by atoms with Crippen molar-refractivity contribution in [1.29, 1.82) is 0 Å². The first-order valence-electron chi connectivity index (χ1n) is 9.47. The summed E-state index contributed by atoms with van der Waals surface area (Å²) >= 11 is 0. The zero-order valence-electron chi connectivity index (χ0n) is 16.0. The number of carbonyl (C=O) groups excluding carboxylic acids is 1. The maximum atomic E-state index is 12.1. The molecule has 0 unspecified atom stereocenters. The minimum absolute atomic E-state index is 0.257. The molecule has 8 heteroatoms. The number of ether oxygens (including phenoxy) is 3. The molecule has 2 amide bonds. The average molecular weight is 386 g/mol. The number of nitrogens with one attached hydrogen (secondary N) is 2. The van der Waals surface area contributed by atoms with Crippen LogP contribution in [0.3, 0.4) is 0 Å². The summed E-state index contributed by atoms with van der Waals surface area (Å²) < 4.78 is 16.2. The van der Waals surface area contributed by atoms with Crippen molar-refractivity contribution in [1.82, 2.24) is 15.3 Å². The molecule has 8 nitrogen and oxygen atoms in total. The normalized spacial score (nSPS) is 13.9. The number of amides is 2. The van der Waals surface area contributed by atoms with Gasteiger partial charge in [0.05, 0.1) is 18.5 Å². The molecule has 2 heterocycles. The molecule has 0 atom stereocenters. The Kier molecular flexibility index (Phi) is 7.43. The molecule has 0 bridgehead atoms. The van der Waals surface area contributed by atoms with E-state index >= 15 is 0 Å². The number of pyridine rings is 2. The Balaban J connectivity index is 1.43. The SMILES string of the molecule is COCCOc1ccc(NC(=O)NCc2ccnc(OC3CCCC3)c2)cn1. The van der Waals surface area contributed by atoms with Crippen molar-refractivity contribution in [3.63, 3.8) is 0 Å². The zero-order chi connectivity index (χ0) is 19.6. The number of anilines is 1. The standard InChI is InChI=1S/C20H26N4O4/c1-26-10-11-27-18-7-6-16(14-22-18)24-20(25)23-13-15-8-9-21-19(12-15)28-17-4-2-3-5-17/h6-9,12,14,17H,2-5,10-11,13H2,1H3,(H2,23,24,25). The Labute approximate surface area is 164 Å². The summed E-state index contributed by atoms with van der Waals surface area (Å²) in [7, 11) is 1.61. The van der Waals surface area contributed by atoms with Crippen LogP contribution in [0, 0.1) is 0 Å². The highest BCUT2D eigenvalue weighted by molar-refractivity contribution is 5.88. The smallest absolute Gasteiger partial charge is 0.319 e. The molecule has 1 aliphatic rings. The molecule has 1 saturated carbocycles. The van der Waals surface area contributed by atoms with Crippen LogP contribution in [0.2, 0.25) is 0 Å². The van der Waals surface area contributed by atoms with Crippen molar-refractivity contribution < 1.29 is 19.0 Å². The number of rotatable bonds is 9. The van der Waals surface area contributed by atoms with E-state index < -0.39 is 0 Å². The quantitative estimate of drug-likeness (QED) is 0.643. The zero-order valence-corrected chi connectivity index (χ0v) is 16.0. The Morgan fingerprint density at radius 2 is 2.00 bits per heavy atom. The van der Waals surface area contributed by atoms with Crippen LogP contribution in [0.15, 0.2) is 36.7 Å². The predicted octanol–water partition coefficient (Wildman–Crippen LogP) is 3.14. The molecule has 1 fully saturated rings. The van der Waals surface area contributed by atoms with Gasteiger partial charge in [-0.1, -0.05) is 0 Å². The first-order chi connectivity index (χ1) is 13.7. The fourth-order valence-electron chi connectivity index (χ4n) is 2.93. The lowest BCUT2D eigenvalue weighted by Crippen LogP contribution is -2.28. The summed E-state index contributed by atoms with van der Waals surface area (Å²) in [6, 6.07) is 6.84. The number of urea groups is 1. The Morgan fingerprint density at radius 1 is 1.14 bits per heavy atom. The van der Waals surface area contributed by atoms with Gasteiger partial charge >= 0.3 is 6.03 Å². The van der Waals surface area contributed by atoms with Crippen LogP contribution in [0.4, 0.5) is 10.5 Å². The van der Waals surface area contributed by atoms with Crippen LogP contribution < -0.4 is 20.1 Å². The first kappa shape index (κ1) is 19.9. The predicted molar refractivity (Wildman–Crippen MR) is 105 cm³/mol. The Morgan fingerprint density at radius 3 is 2.75 bits per heavy atom. The van der Waals surface area contributed by atoms with Gasteiger partial charge in [-0.25, -0.2) is 14.8 Å². The summed E-state index contributed by atoms with van der Waals surface area (Å²) in [5, 5.41) is 5.56. The molecule has 28 heavy (non-hydrogen) atoms. The van der Waals surface area contributed by atoms with Crippen molar-refractivity contribution in [3.8, 4) is 11.8 Å². The molecule has 2 aromatic heterocycles. The fraction of sp³-hybridized carbons (Fsp3) is 0.450. The van der Waals surface area contributed by atoms with E-state index in [4.69, 9.17) is 14.2 Å². The van der Waals surface area contributed by atoms with Crippen molar-refractivity contribution in [2.24, 2.45) is 0 Å². The third-order valence-corrected chi connectivity index (χ3v) is 4.37. The monoisotopic (exact) mass is 386 g/mol. The highest BCUT2D eigenvalue weighted by atomic mass is 16.5. The second kappa shape index (κ2) is 10.5. The molecule has 0 radical (unpaired) electrons. The molecule has 3 rings (SSSR count). The summed E-state index contributed by atoms with van der Waals surface area (Å²) in [4.78, 5) is 20.5. The van der Waals surface area contributed by atoms with E-state index in [2.05, 4.69) is 20.6 Å². The van der Waals surface area contributed by atoms with Crippen molar-refractivity contribution in [2.45, 2.75) is 38.3 Å². The van der Waals surface area contributed by atoms with E-state index in [0.717, 1.165) is 18.4 Å². The van der Waals surface area contributed by atoms with Crippen LogP contribution >= 0.6 is 0 Å². The number of hydrogen-bond donors (Lipinski definition) is 2. The lowest BCUT2D eigenvalue weighted by molar-refractivity contribution is 0.144. The van der Waals surface area contributed by atoms with Gasteiger partial charge in [0.25, 0.3) is 0 Å². The van der Waals surface area contributed by atoms with E-state index in [1.807, 2.05) is 12.1 Å². The lowest BCUT2D eigenvalue weighted by Gasteiger charge is -2.13. The average Bonchev–Trinajstić information content (AvgIpc) is 3.21. The van der Waals surface area contributed by atoms with Gasteiger partial charge in [0, 0.05) is 32.0 Å². The van der Waals surface area contributed by atoms with Crippen LogP contribution in [-0.4, -0.2) is 42.4 Å². The van der Waals surface area contributed by atoms with Gasteiger partial charge in [-0.2, -0.15) is 0 Å². The summed E-state index contributed by atoms with van der Waals surface area (Å²) in [6.45, 7) is 1.29. The van der Waals surface area contributed by atoms with Crippen molar-refractivity contribution in [2.75, 3.05) is 25.6 Å². The molecular formula is C20H26N4O4. The largest absolute Gasteiger partial charge is 0.475 e. The topological polar surface area (TPSA) is 94.6 Å². The third-order valence-electron chi connectivity index (χ3n) is 4.37.